The summed E-state index contributed by atoms with van der Waals surface area (Å²) in [6.07, 6.45) is 1.66. The quantitative estimate of drug-likeness (QED) is 0.193. The van der Waals surface area contributed by atoms with Gasteiger partial charge in [-0.3, -0.25) is 14.7 Å². The van der Waals surface area contributed by atoms with Crippen molar-refractivity contribution in [2.45, 2.75) is 13.5 Å². The van der Waals surface area contributed by atoms with Gasteiger partial charge in [0.1, 0.15) is 11.1 Å². The van der Waals surface area contributed by atoms with Gasteiger partial charge in [0.15, 0.2) is 5.13 Å². The Morgan fingerprint density at radius 2 is 1.86 bits per heavy atom. The average molecular weight is 512 g/mol. The van der Waals surface area contributed by atoms with Gasteiger partial charge in [0, 0.05) is 16.6 Å². The van der Waals surface area contributed by atoms with E-state index in [0.29, 0.717) is 26.8 Å². The SMILES string of the molecule is Cc1c(Cl)ccc2sc(N(Cc3ccccn3)C(=O)c3cc4c(ccc5ccccc54)oc3=O)nc12. The molecule has 1 amide bonds. The van der Waals surface area contributed by atoms with E-state index in [2.05, 4.69) is 4.98 Å². The van der Waals surface area contributed by atoms with Crippen LogP contribution in [-0.2, 0) is 6.54 Å². The number of pyridine rings is 1. The molecule has 6 aromatic rings. The van der Waals surface area contributed by atoms with Crippen LogP contribution in [0, 0.1) is 6.92 Å². The average Bonchev–Trinajstić information content (AvgIpc) is 3.34. The third kappa shape index (κ3) is 3.82. The molecule has 0 saturated carbocycles. The summed E-state index contributed by atoms with van der Waals surface area (Å²) < 4.78 is 6.49. The fourth-order valence-corrected chi connectivity index (χ4v) is 5.43. The minimum absolute atomic E-state index is 0.0659. The van der Waals surface area contributed by atoms with Crippen LogP contribution in [0.5, 0.6) is 0 Å². The van der Waals surface area contributed by atoms with Crippen molar-refractivity contribution in [1.29, 1.82) is 0 Å². The zero-order valence-electron chi connectivity index (χ0n) is 19.1. The Hall–Kier alpha value is -4.07. The Morgan fingerprint density at radius 3 is 2.69 bits per heavy atom. The van der Waals surface area contributed by atoms with Gasteiger partial charge in [-0.25, -0.2) is 9.78 Å². The van der Waals surface area contributed by atoms with E-state index in [4.69, 9.17) is 21.0 Å². The first-order valence-corrected chi connectivity index (χ1v) is 12.4. The van der Waals surface area contributed by atoms with E-state index in [0.717, 1.165) is 26.6 Å². The zero-order valence-corrected chi connectivity index (χ0v) is 20.6. The second-order valence-corrected chi connectivity index (χ2v) is 9.79. The first-order valence-electron chi connectivity index (χ1n) is 11.2. The monoisotopic (exact) mass is 511 g/mol. The summed E-state index contributed by atoms with van der Waals surface area (Å²) in [5.41, 5.74) is 1.88. The van der Waals surface area contributed by atoms with Crippen LogP contribution in [0.15, 0.2) is 88.2 Å². The van der Waals surface area contributed by atoms with Crippen LogP contribution in [0.3, 0.4) is 0 Å². The molecule has 0 N–H and O–H groups in total. The maximum absolute atomic E-state index is 14.0. The summed E-state index contributed by atoms with van der Waals surface area (Å²) >= 11 is 7.67. The summed E-state index contributed by atoms with van der Waals surface area (Å²) in [4.78, 5) is 37.6. The molecule has 3 heterocycles. The topological polar surface area (TPSA) is 76.3 Å². The van der Waals surface area contributed by atoms with Crippen molar-refractivity contribution in [1.82, 2.24) is 9.97 Å². The van der Waals surface area contributed by atoms with Gasteiger partial charge in [-0.15, -0.1) is 0 Å². The van der Waals surface area contributed by atoms with Gasteiger partial charge in [0.25, 0.3) is 5.91 Å². The lowest BCUT2D eigenvalue weighted by atomic mass is 10.0. The van der Waals surface area contributed by atoms with Gasteiger partial charge >= 0.3 is 5.63 Å². The third-order valence-electron chi connectivity index (χ3n) is 6.13. The maximum Gasteiger partial charge on any atom is 0.349 e. The molecular formula is C28H18ClN3O3S. The number of aryl methyl sites for hydroxylation is 1. The van der Waals surface area contributed by atoms with E-state index in [1.165, 1.54) is 16.2 Å². The van der Waals surface area contributed by atoms with Crippen LogP contribution in [0.25, 0.3) is 32.0 Å². The Morgan fingerprint density at radius 1 is 1.03 bits per heavy atom. The lowest BCUT2D eigenvalue weighted by Gasteiger charge is -2.19. The second kappa shape index (κ2) is 8.86. The molecule has 0 saturated heterocycles. The van der Waals surface area contributed by atoms with Crippen LogP contribution in [0.1, 0.15) is 21.6 Å². The smallest absolute Gasteiger partial charge is 0.349 e. The Balaban J connectivity index is 1.53. The molecular weight excluding hydrogens is 494 g/mol. The van der Waals surface area contributed by atoms with Crippen LogP contribution < -0.4 is 10.5 Å². The summed E-state index contributed by atoms with van der Waals surface area (Å²) in [6.45, 7) is 2.03. The number of aromatic nitrogens is 2. The standard InChI is InChI=1S/C28H18ClN3O3S/c1-16-22(29)10-12-24-25(16)31-28(36-24)32(15-18-7-4-5-13-30-18)26(33)21-14-20-19-8-3-2-6-17(19)9-11-23(20)35-27(21)34/h2-14H,15H2,1H3. The lowest BCUT2D eigenvalue weighted by Crippen LogP contribution is -2.34. The van der Waals surface area contributed by atoms with Crippen molar-refractivity contribution >= 4 is 65.9 Å². The number of hydrogen-bond acceptors (Lipinski definition) is 6. The summed E-state index contributed by atoms with van der Waals surface area (Å²) in [6, 6.07) is 22.2. The number of fused-ring (bicyclic) bond motifs is 4. The van der Waals surface area contributed by atoms with E-state index in [-0.39, 0.29) is 12.1 Å². The van der Waals surface area contributed by atoms with Crippen LogP contribution in [0.2, 0.25) is 5.02 Å². The summed E-state index contributed by atoms with van der Waals surface area (Å²) in [5.74, 6) is -0.507. The number of carbonyl (C=O) groups excluding carboxylic acids is 1. The fraction of sp³-hybridized carbons (Fsp3) is 0.0714. The Kier molecular flexibility index (Phi) is 5.51. The largest absolute Gasteiger partial charge is 0.422 e. The predicted octanol–water partition coefficient (Wildman–Crippen LogP) is 6.76. The highest BCUT2D eigenvalue weighted by molar-refractivity contribution is 7.22. The van der Waals surface area contributed by atoms with Crippen LogP contribution in [-0.4, -0.2) is 15.9 Å². The normalized spacial score (nSPS) is 11.4. The second-order valence-electron chi connectivity index (χ2n) is 8.37. The van der Waals surface area contributed by atoms with Gasteiger partial charge < -0.3 is 4.42 Å². The molecule has 0 bridgehead atoms. The number of benzene rings is 3. The number of nitrogens with zero attached hydrogens (tertiary/aromatic N) is 3. The fourth-order valence-electron chi connectivity index (χ4n) is 4.25. The molecule has 3 aromatic heterocycles. The van der Waals surface area contributed by atoms with Crippen molar-refractivity contribution in [3.8, 4) is 0 Å². The lowest BCUT2D eigenvalue weighted by molar-refractivity contribution is 0.0981. The number of rotatable bonds is 4. The van der Waals surface area contributed by atoms with E-state index in [9.17, 15) is 9.59 Å². The van der Waals surface area contributed by atoms with E-state index in [1.807, 2.05) is 67.6 Å². The molecule has 0 fully saturated rings. The number of carbonyl (C=O) groups is 1. The maximum atomic E-state index is 14.0. The van der Waals surface area contributed by atoms with Crippen LogP contribution in [0.4, 0.5) is 5.13 Å². The molecule has 36 heavy (non-hydrogen) atoms. The summed E-state index contributed by atoms with van der Waals surface area (Å²) in [7, 11) is 0. The number of amides is 1. The number of halogens is 1. The number of hydrogen-bond donors (Lipinski definition) is 0. The third-order valence-corrected chi connectivity index (χ3v) is 7.58. The first kappa shape index (κ1) is 22.4. The van der Waals surface area contributed by atoms with Gasteiger partial charge in [-0.2, -0.15) is 0 Å². The number of thiazole rings is 1. The van der Waals surface area contributed by atoms with Crippen molar-refractivity contribution in [3.05, 3.63) is 111 Å². The van der Waals surface area contributed by atoms with Crippen molar-refractivity contribution in [2.75, 3.05) is 4.90 Å². The molecule has 0 radical (unpaired) electrons. The molecule has 3 aromatic carbocycles. The Labute approximate surface area is 214 Å². The predicted molar refractivity (Wildman–Crippen MR) is 144 cm³/mol. The van der Waals surface area contributed by atoms with E-state index >= 15 is 0 Å². The number of anilines is 1. The molecule has 6 rings (SSSR count). The molecule has 8 heteroatoms. The van der Waals surface area contributed by atoms with E-state index in [1.54, 1.807) is 18.3 Å². The molecule has 0 aliphatic carbocycles. The Bertz CT molecular complexity index is 1850. The highest BCUT2D eigenvalue weighted by atomic mass is 35.5. The summed E-state index contributed by atoms with van der Waals surface area (Å²) in [5, 5.41) is 3.63. The molecule has 176 valence electrons. The minimum Gasteiger partial charge on any atom is -0.422 e. The molecule has 0 aliphatic rings. The highest BCUT2D eigenvalue weighted by Crippen LogP contribution is 2.35. The molecule has 0 unspecified atom stereocenters. The van der Waals surface area contributed by atoms with Crippen molar-refractivity contribution in [3.63, 3.8) is 0 Å². The van der Waals surface area contributed by atoms with Crippen molar-refractivity contribution < 1.29 is 9.21 Å². The first-order chi connectivity index (χ1) is 17.5. The molecule has 0 spiro atoms. The van der Waals surface area contributed by atoms with Crippen LogP contribution >= 0.6 is 22.9 Å². The molecule has 6 nitrogen and oxygen atoms in total. The molecule has 0 atom stereocenters. The molecule has 0 aliphatic heterocycles. The minimum atomic E-state index is -0.700. The highest BCUT2D eigenvalue weighted by Gasteiger charge is 2.26. The van der Waals surface area contributed by atoms with Gasteiger partial charge in [0.05, 0.1) is 22.5 Å². The zero-order chi connectivity index (χ0) is 24.8. The van der Waals surface area contributed by atoms with Gasteiger partial charge in [-0.1, -0.05) is 59.3 Å². The van der Waals surface area contributed by atoms with E-state index < -0.39 is 11.5 Å². The van der Waals surface area contributed by atoms with Crippen molar-refractivity contribution in [2.24, 2.45) is 0 Å². The van der Waals surface area contributed by atoms with Gasteiger partial charge in [-0.05, 0) is 59.7 Å². The van der Waals surface area contributed by atoms with Gasteiger partial charge in [0.2, 0.25) is 0 Å².